The second kappa shape index (κ2) is 7.46. The van der Waals surface area contributed by atoms with Gasteiger partial charge in [-0.05, 0) is 0 Å². The van der Waals surface area contributed by atoms with E-state index < -0.39 is 30.4 Å². The maximum atomic E-state index is 11.1. The zero-order valence-electron chi connectivity index (χ0n) is 8.86. The monoisotopic (exact) mass is 233 g/mol. The number of primary amides is 1. The number of carboxylic acid groups (broad SMARTS) is 1. The van der Waals surface area contributed by atoms with Gasteiger partial charge in [0.25, 0.3) is 0 Å². The number of aliphatic carboxylic acids is 1. The maximum absolute atomic E-state index is 11.1. The van der Waals surface area contributed by atoms with Crippen LogP contribution in [0.3, 0.4) is 0 Å². The summed E-state index contributed by atoms with van der Waals surface area (Å²) in [6.07, 6.45) is -0.451. The molecule has 0 aliphatic carbocycles. The summed E-state index contributed by atoms with van der Waals surface area (Å²) in [6.45, 7) is 0.548. The number of nitrogens with two attached hydrogens (primary N) is 1. The Morgan fingerprint density at radius 1 is 1.44 bits per heavy atom. The molecule has 0 aliphatic rings. The number of urea groups is 1. The molecule has 0 rings (SSSR count). The topological polar surface area (TPSA) is 131 Å². The number of carboxylic acids is 1. The van der Waals surface area contributed by atoms with Crippen molar-refractivity contribution in [3.05, 3.63) is 0 Å². The Morgan fingerprint density at radius 3 is 2.50 bits per heavy atom. The van der Waals surface area contributed by atoms with E-state index in [0.29, 0.717) is 6.61 Å². The van der Waals surface area contributed by atoms with E-state index in [0.717, 1.165) is 0 Å². The molecule has 8 heteroatoms. The van der Waals surface area contributed by atoms with Crippen molar-refractivity contribution in [2.45, 2.75) is 12.5 Å². The van der Waals surface area contributed by atoms with Gasteiger partial charge in [-0.15, -0.1) is 0 Å². The Balaban J connectivity index is 4.03. The van der Waals surface area contributed by atoms with Gasteiger partial charge in [0.2, 0.25) is 5.91 Å². The third-order valence-electron chi connectivity index (χ3n) is 1.60. The molecule has 1 atom stereocenters. The van der Waals surface area contributed by atoms with E-state index in [1.165, 1.54) is 7.11 Å². The molecule has 0 unspecified atom stereocenters. The molecule has 0 radical (unpaired) electrons. The highest BCUT2D eigenvalue weighted by Crippen LogP contribution is 1.91. The highest BCUT2D eigenvalue weighted by atomic mass is 16.5. The average Bonchev–Trinajstić information content (AvgIpc) is 2.16. The molecule has 0 fully saturated rings. The molecule has 3 amide bonds. The van der Waals surface area contributed by atoms with Gasteiger partial charge in [0.05, 0.1) is 13.0 Å². The van der Waals surface area contributed by atoms with Crippen molar-refractivity contribution in [1.29, 1.82) is 0 Å². The number of methoxy groups -OCH3 is 1. The van der Waals surface area contributed by atoms with Crippen molar-refractivity contribution < 1.29 is 24.2 Å². The second-order valence-corrected chi connectivity index (χ2v) is 2.95. The molecule has 0 saturated carbocycles. The van der Waals surface area contributed by atoms with Crippen molar-refractivity contribution in [2.75, 3.05) is 20.3 Å². The normalized spacial score (nSPS) is 11.6. The molecule has 0 aromatic carbocycles. The van der Waals surface area contributed by atoms with Gasteiger partial charge in [0.15, 0.2) is 0 Å². The molecule has 0 saturated heterocycles. The van der Waals surface area contributed by atoms with E-state index in [1.807, 2.05) is 0 Å². The van der Waals surface area contributed by atoms with Crippen LogP contribution < -0.4 is 16.4 Å². The summed E-state index contributed by atoms with van der Waals surface area (Å²) in [5.74, 6) is -2.12. The zero-order chi connectivity index (χ0) is 12.6. The van der Waals surface area contributed by atoms with E-state index in [4.69, 9.17) is 10.8 Å². The Labute approximate surface area is 92.1 Å². The summed E-state index contributed by atoms with van der Waals surface area (Å²) >= 11 is 0. The van der Waals surface area contributed by atoms with Crippen molar-refractivity contribution in [3.63, 3.8) is 0 Å². The lowest BCUT2D eigenvalue weighted by atomic mass is 10.2. The van der Waals surface area contributed by atoms with E-state index in [9.17, 15) is 14.4 Å². The summed E-state index contributed by atoms with van der Waals surface area (Å²) in [4.78, 5) is 32.3. The minimum Gasteiger partial charge on any atom is -0.480 e. The number of nitrogens with one attached hydrogen (secondary N) is 2. The maximum Gasteiger partial charge on any atom is 0.326 e. The molecule has 0 heterocycles. The van der Waals surface area contributed by atoms with Crippen LogP contribution in [0.2, 0.25) is 0 Å². The van der Waals surface area contributed by atoms with E-state index in [1.54, 1.807) is 0 Å². The Bertz CT molecular complexity index is 268. The average molecular weight is 233 g/mol. The Kier molecular flexibility index (Phi) is 6.61. The smallest absolute Gasteiger partial charge is 0.326 e. The number of carbonyl (C=O) groups is 3. The highest BCUT2D eigenvalue weighted by Gasteiger charge is 2.21. The molecule has 0 aliphatic heterocycles. The molecular weight excluding hydrogens is 218 g/mol. The first kappa shape index (κ1) is 14.2. The number of hydrogen-bond donors (Lipinski definition) is 4. The number of rotatable bonds is 7. The van der Waals surface area contributed by atoms with E-state index >= 15 is 0 Å². The lowest BCUT2D eigenvalue weighted by Crippen LogP contribution is -2.48. The molecule has 0 bridgehead atoms. The minimum atomic E-state index is -1.32. The Morgan fingerprint density at radius 2 is 2.06 bits per heavy atom. The van der Waals surface area contributed by atoms with Crippen molar-refractivity contribution in [2.24, 2.45) is 5.73 Å². The number of hydrogen-bond acceptors (Lipinski definition) is 4. The third kappa shape index (κ3) is 6.60. The molecule has 16 heavy (non-hydrogen) atoms. The van der Waals surface area contributed by atoms with Crippen molar-refractivity contribution >= 4 is 17.9 Å². The molecule has 0 aromatic rings. The SMILES string of the molecule is COCCNC(=O)N[C@H](CC(N)=O)C(=O)O. The molecular formula is C8H15N3O5. The van der Waals surface area contributed by atoms with Gasteiger partial charge in [0.1, 0.15) is 6.04 Å². The molecule has 0 spiro atoms. The van der Waals surface area contributed by atoms with Crippen LogP contribution in [0.5, 0.6) is 0 Å². The van der Waals surface area contributed by atoms with Crippen LogP contribution in [0.25, 0.3) is 0 Å². The molecule has 92 valence electrons. The first-order valence-corrected chi connectivity index (χ1v) is 4.51. The summed E-state index contributed by atoms with van der Waals surface area (Å²) in [6, 6.07) is -2.01. The summed E-state index contributed by atoms with van der Waals surface area (Å²) in [7, 11) is 1.47. The number of ether oxygens (including phenoxy) is 1. The largest absolute Gasteiger partial charge is 0.480 e. The predicted octanol–water partition coefficient (Wildman–Crippen LogP) is -1.74. The fraction of sp³-hybridized carbons (Fsp3) is 0.625. The standard InChI is InChI=1S/C8H15N3O5/c1-16-3-2-10-8(15)11-5(7(13)14)4-6(9)12/h5H,2-4H2,1H3,(H2,9,12)(H,13,14)(H2,10,11,15)/t5-/m1/s1. The third-order valence-corrected chi connectivity index (χ3v) is 1.60. The van der Waals surface area contributed by atoms with Crippen LogP contribution >= 0.6 is 0 Å². The van der Waals surface area contributed by atoms with E-state index in [2.05, 4.69) is 15.4 Å². The van der Waals surface area contributed by atoms with Gasteiger partial charge < -0.3 is 26.2 Å². The fourth-order valence-electron chi connectivity index (χ4n) is 0.877. The molecule has 5 N–H and O–H groups in total. The van der Waals surface area contributed by atoms with Crippen LogP contribution in [0.15, 0.2) is 0 Å². The van der Waals surface area contributed by atoms with Crippen molar-refractivity contribution in [3.8, 4) is 0 Å². The lowest BCUT2D eigenvalue weighted by molar-refractivity contribution is -0.140. The van der Waals surface area contributed by atoms with Gasteiger partial charge in [-0.1, -0.05) is 0 Å². The van der Waals surface area contributed by atoms with Gasteiger partial charge in [-0.3, -0.25) is 4.79 Å². The second-order valence-electron chi connectivity index (χ2n) is 2.95. The summed E-state index contributed by atoms with van der Waals surface area (Å²) in [5, 5.41) is 13.1. The minimum absolute atomic E-state index is 0.241. The molecule has 8 nitrogen and oxygen atoms in total. The Hall–Kier alpha value is -1.83. The summed E-state index contributed by atoms with van der Waals surface area (Å²) in [5.41, 5.74) is 4.83. The highest BCUT2D eigenvalue weighted by molar-refractivity contribution is 5.87. The van der Waals surface area contributed by atoms with Crippen LogP contribution in [-0.2, 0) is 14.3 Å². The first-order chi connectivity index (χ1) is 7.47. The number of amides is 3. The van der Waals surface area contributed by atoms with E-state index in [-0.39, 0.29) is 6.54 Å². The quantitative estimate of drug-likeness (QED) is 0.388. The van der Waals surface area contributed by atoms with Gasteiger partial charge in [-0.25, -0.2) is 9.59 Å². The lowest BCUT2D eigenvalue weighted by Gasteiger charge is -2.13. The van der Waals surface area contributed by atoms with Gasteiger partial charge >= 0.3 is 12.0 Å². The van der Waals surface area contributed by atoms with Crippen LogP contribution in [0.1, 0.15) is 6.42 Å². The number of carbonyl (C=O) groups excluding carboxylic acids is 2. The van der Waals surface area contributed by atoms with Crippen LogP contribution in [0, 0.1) is 0 Å². The zero-order valence-corrected chi connectivity index (χ0v) is 8.86. The van der Waals surface area contributed by atoms with Crippen LogP contribution in [0.4, 0.5) is 4.79 Å². The fourth-order valence-corrected chi connectivity index (χ4v) is 0.877. The summed E-state index contributed by atoms with van der Waals surface area (Å²) < 4.78 is 4.68. The predicted molar refractivity (Wildman–Crippen MR) is 53.6 cm³/mol. The van der Waals surface area contributed by atoms with Gasteiger partial charge in [0, 0.05) is 13.7 Å². The van der Waals surface area contributed by atoms with Crippen molar-refractivity contribution in [1.82, 2.24) is 10.6 Å². The first-order valence-electron chi connectivity index (χ1n) is 4.51. The van der Waals surface area contributed by atoms with Crippen LogP contribution in [-0.4, -0.2) is 49.3 Å². The molecule has 0 aromatic heterocycles. The van der Waals surface area contributed by atoms with Gasteiger partial charge in [-0.2, -0.15) is 0 Å².